The summed E-state index contributed by atoms with van der Waals surface area (Å²) in [5.41, 5.74) is -0.902. The number of esters is 1. The Kier molecular flexibility index (Phi) is 5.07. The molecular formula is C18H22FN2O4S+. The van der Waals surface area contributed by atoms with Crippen LogP contribution >= 0.6 is 11.8 Å². The molecule has 2 amide bonds. The summed E-state index contributed by atoms with van der Waals surface area (Å²) >= 11 is 1.54. The second-order valence-electron chi connectivity index (χ2n) is 6.73. The fraction of sp³-hybridized carbons (Fsp3) is 0.500. The zero-order chi connectivity index (χ0) is 19.1. The van der Waals surface area contributed by atoms with Crippen LogP contribution in [0.15, 0.2) is 24.3 Å². The van der Waals surface area contributed by atoms with Gasteiger partial charge in [0.25, 0.3) is 0 Å². The minimum atomic E-state index is -1.23. The molecule has 3 rings (SSSR count). The molecule has 0 spiro atoms. The highest BCUT2D eigenvalue weighted by atomic mass is 32.2. The largest absolute Gasteiger partial charge is 0.464 e. The molecule has 140 valence electrons. The number of carbonyl (C=O) groups is 3. The van der Waals surface area contributed by atoms with Gasteiger partial charge in [0.15, 0.2) is 0 Å². The number of hydrogen-bond donors (Lipinski definition) is 1. The van der Waals surface area contributed by atoms with Gasteiger partial charge in [-0.1, -0.05) is 18.2 Å². The monoisotopic (exact) mass is 381 g/mol. The van der Waals surface area contributed by atoms with Gasteiger partial charge >= 0.3 is 5.97 Å². The van der Waals surface area contributed by atoms with E-state index in [1.54, 1.807) is 35.3 Å². The predicted octanol–water partition coefficient (Wildman–Crippen LogP) is 0.340. The first kappa shape index (κ1) is 18.8. The summed E-state index contributed by atoms with van der Waals surface area (Å²) in [4.78, 5) is 39.4. The number of quaternary nitrogens is 1. The number of fused-ring (bicyclic) bond motifs is 1. The van der Waals surface area contributed by atoms with Crippen molar-refractivity contribution in [2.24, 2.45) is 11.8 Å². The topological polar surface area (TPSA) is 80.3 Å². The van der Waals surface area contributed by atoms with E-state index in [-0.39, 0.29) is 5.91 Å². The van der Waals surface area contributed by atoms with Gasteiger partial charge in [-0.3, -0.25) is 14.5 Å². The Morgan fingerprint density at radius 2 is 2.04 bits per heavy atom. The van der Waals surface area contributed by atoms with Gasteiger partial charge in [0.2, 0.25) is 17.4 Å². The summed E-state index contributed by atoms with van der Waals surface area (Å²) in [6.07, 6.45) is 2.26. The van der Waals surface area contributed by atoms with Crippen molar-refractivity contribution in [2.45, 2.75) is 18.0 Å². The Labute approximate surface area is 155 Å². The standard InChI is InChI=1S/C18H21FN2O4S/c1-21-15(22)12-13(16(21)23)18(8-9-26-3,17(24)25-2)20-14(12)10-6-4-5-7-11(10)19/h4-7,12-14,20H,8-9H2,1-3H3/p+1/t12-,13+,14-,18+/m0/s1. The van der Waals surface area contributed by atoms with Gasteiger partial charge in [-0.2, -0.15) is 11.8 Å². The van der Waals surface area contributed by atoms with Gasteiger partial charge in [0.05, 0.1) is 7.11 Å². The van der Waals surface area contributed by atoms with Gasteiger partial charge in [-0.05, 0) is 18.1 Å². The smallest absolute Gasteiger partial charge is 0.368 e. The van der Waals surface area contributed by atoms with E-state index in [1.165, 1.54) is 20.2 Å². The van der Waals surface area contributed by atoms with E-state index in [9.17, 15) is 18.8 Å². The molecule has 0 radical (unpaired) electrons. The van der Waals surface area contributed by atoms with Crippen molar-refractivity contribution in [1.82, 2.24) is 4.90 Å². The third kappa shape index (κ3) is 2.63. The van der Waals surface area contributed by atoms with Gasteiger partial charge in [-0.15, -0.1) is 0 Å². The lowest BCUT2D eigenvalue weighted by Gasteiger charge is -2.28. The SMILES string of the molecule is COC(=O)[C@]1(CCSC)[NH2+][C@@H](c2ccccc2F)[C@H]2C(=O)N(C)C(=O)[C@@H]21. The van der Waals surface area contributed by atoms with Crippen LogP contribution in [0.5, 0.6) is 0 Å². The molecule has 1 aromatic rings. The average Bonchev–Trinajstić information content (AvgIpc) is 3.10. The van der Waals surface area contributed by atoms with Crippen molar-refractivity contribution in [3.63, 3.8) is 0 Å². The number of likely N-dealkylation sites (tertiary alicyclic amines) is 1. The van der Waals surface area contributed by atoms with Crippen LogP contribution in [0.4, 0.5) is 4.39 Å². The lowest BCUT2D eigenvalue weighted by Crippen LogP contribution is -2.98. The molecule has 2 fully saturated rings. The normalized spacial score (nSPS) is 30.6. The van der Waals surface area contributed by atoms with E-state index in [0.717, 1.165) is 4.90 Å². The number of nitrogens with two attached hydrogens (primary N) is 1. The van der Waals surface area contributed by atoms with Crippen molar-refractivity contribution in [3.8, 4) is 0 Å². The van der Waals surface area contributed by atoms with Crippen LogP contribution in [0.2, 0.25) is 0 Å². The highest BCUT2D eigenvalue weighted by Crippen LogP contribution is 2.45. The molecular weight excluding hydrogens is 359 g/mol. The van der Waals surface area contributed by atoms with Crippen LogP contribution in [0.3, 0.4) is 0 Å². The van der Waals surface area contributed by atoms with Crippen molar-refractivity contribution in [1.29, 1.82) is 0 Å². The number of benzene rings is 1. The summed E-state index contributed by atoms with van der Waals surface area (Å²) in [6, 6.07) is 5.53. The predicted molar refractivity (Wildman–Crippen MR) is 93.6 cm³/mol. The van der Waals surface area contributed by atoms with E-state index in [2.05, 4.69) is 0 Å². The first-order valence-electron chi connectivity index (χ1n) is 8.38. The maximum Gasteiger partial charge on any atom is 0.368 e. The number of ether oxygens (including phenoxy) is 1. The van der Waals surface area contributed by atoms with Crippen LogP contribution in [-0.4, -0.2) is 54.4 Å². The molecule has 0 saturated carbocycles. The summed E-state index contributed by atoms with van der Waals surface area (Å²) in [7, 11) is 2.69. The number of thioether (sulfide) groups is 1. The molecule has 0 bridgehead atoms. The molecule has 1 aromatic carbocycles. The Hall–Kier alpha value is -1.93. The van der Waals surface area contributed by atoms with Gasteiger partial charge in [0, 0.05) is 19.0 Å². The van der Waals surface area contributed by atoms with Crippen molar-refractivity contribution < 1.29 is 28.8 Å². The zero-order valence-electron chi connectivity index (χ0n) is 14.9. The number of rotatable bonds is 5. The molecule has 2 heterocycles. The van der Waals surface area contributed by atoms with Crippen molar-refractivity contribution in [2.75, 3.05) is 26.2 Å². The Morgan fingerprint density at radius 3 is 2.65 bits per heavy atom. The van der Waals surface area contributed by atoms with Gasteiger partial charge in [-0.25, -0.2) is 9.18 Å². The second-order valence-corrected chi connectivity index (χ2v) is 7.71. The van der Waals surface area contributed by atoms with Crippen molar-refractivity contribution >= 4 is 29.5 Å². The maximum absolute atomic E-state index is 14.5. The van der Waals surface area contributed by atoms with Crippen LogP contribution in [0.25, 0.3) is 0 Å². The highest BCUT2D eigenvalue weighted by Gasteiger charge is 2.71. The minimum absolute atomic E-state index is 0.328. The molecule has 2 N–H and O–H groups in total. The Balaban J connectivity index is 2.15. The van der Waals surface area contributed by atoms with E-state index in [4.69, 9.17) is 4.74 Å². The molecule has 6 nitrogen and oxygen atoms in total. The third-order valence-electron chi connectivity index (χ3n) is 5.54. The lowest BCUT2D eigenvalue weighted by atomic mass is 9.78. The molecule has 4 atom stereocenters. The van der Waals surface area contributed by atoms with E-state index in [0.29, 0.717) is 17.7 Å². The molecule has 0 aromatic heterocycles. The Bertz CT molecular complexity index is 758. The van der Waals surface area contributed by atoms with Gasteiger partial charge in [0.1, 0.15) is 23.7 Å². The molecule has 0 unspecified atom stereocenters. The second kappa shape index (κ2) is 7.00. The minimum Gasteiger partial charge on any atom is -0.464 e. The summed E-state index contributed by atoms with van der Waals surface area (Å²) in [5.74, 6) is -2.80. The molecule has 8 heteroatoms. The number of hydrogen-bond acceptors (Lipinski definition) is 5. The number of imide groups is 1. The summed E-state index contributed by atoms with van der Waals surface area (Å²) in [5, 5.41) is 1.69. The number of methoxy groups -OCH3 is 1. The number of carbonyl (C=O) groups excluding carboxylic acids is 3. The van der Waals surface area contributed by atoms with E-state index in [1.807, 2.05) is 6.26 Å². The van der Waals surface area contributed by atoms with Gasteiger partial charge < -0.3 is 10.1 Å². The maximum atomic E-state index is 14.5. The third-order valence-corrected chi connectivity index (χ3v) is 6.15. The van der Waals surface area contributed by atoms with Crippen LogP contribution in [0.1, 0.15) is 18.0 Å². The Morgan fingerprint density at radius 1 is 1.35 bits per heavy atom. The number of nitrogens with zero attached hydrogens (tertiary/aromatic N) is 1. The lowest BCUT2D eigenvalue weighted by molar-refractivity contribution is -0.734. The zero-order valence-corrected chi connectivity index (χ0v) is 15.7. The number of halogens is 1. The summed E-state index contributed by atoms with van der Waals surface area (Å²) < 4.78 is 19.5. The quantitative estimate of drug-likeness (QED) is 0.588. The molecule has 2 aliphatic rings. The fourth-order valence-corrected chi connectivity index (χ4v) is 4.83. The first-order chi connectivity index (χ1) is 12.4. The van der Waals surface area contributed by atoms with Crippen molar-refractivity contribution in [3.05, 3.63) is 35.6 Å². The molecule has 2 aliphatic heterocycles. The fourth-order valence-electron chi connectivity index (χ4n) is 4.29. The number of amides is 2. The highest BCUT2D eigenvalue weighted by molar-refractivity contribution is 7.98. The molecule has 2 saturated heterocycles. The average molecular weight is 381 g/mol. The molecule has 0 aliphatic carbocycles. The van der Waals surface area contributed by atoms with Crippen LogP contribution in [0, 0.1) is 17.7 Å². The van der Waals surface area contributed by atoms with Crippen LogP contribution in [-0.2, 0) is 19.1 Å². The molecule has 26 heavy (non-hydrogen) atoms. The van der Waals surface area contributed by atoms with E-state index < -0.39 is 41.1 Å². The van der Waals surface area contributed by atoms with E-state index >= 15 is 0 Å². The summed E-state index contributed by atoms with van der Waals surface area (Å²) in [6.45, 7) is 0. The first-order valence-corrected chi connectivity index (χ1v) is 9.77. The van der Waals surface area contributed by atoms with Crippen LogP contribution < -0.4 is 5.32 Å².